The van der Waals surface area contributed by atoms with Gasteiger partial charge in [-0.3, -0.25) is 0 Å². The van der Waals surface area contributed by atoms with Gasteiger partial charge in [-0.15, -0.1) is 0 Å². The molecule has 1 aliphatic heterocycles. The summed E-state index contributed by atoms with van der Waals surface area (Å²) in [5.74, 6) is -0.393. The lowest BCUT2D eigenvalue weighted by atomic mass is 10.2. The number of carbonyl (C=O) groups excluding carboxylic acids is 2. The second-order valence-electron chi connectivity index (χ2n) is 6.11. The molecule has 1 heterocycles. The number of hydrogen-bond donors (Lipinski definition) is 1. The first-order valence-electron chi connectivity index (χ1n) is 7.08. The molecule has 0 aromatic heterocycles. The Morgan fingerprint density at radius 3 is 2.11 bits per heavy atom. The number of urea groups is 1. The first-order chi connectivity index (χ1) is 8.79. The highest BCUT2D eigenvalue weighted by molar-refractivity contribution is 5.83. The maximum absolute atomic E-state index is 12.0. The van der Waals surface area contributed by atoms with E-state index in [0.717, 1.165) is 25.9 Å². The number of esters is 1. The zero-order chi connectivity index (χ0) is 14.5. The highest BCUT2D eigenvalue weighted by atomic mass is 16.6. The summed E-state index contributed by atoms with van der Waals surface area (Å²) >= 11 is 0. The van der Waals surface area contributed by atoms with Crippen molar-refractivity contribution in [3.8, 4) is 0 Å². The summed E-state index contributed by atoms with van der Waals surface area (Å²) in [7, 11) is 0. The van der Waals surface area contributed by atoms with Crippen molar-refractivity contribution < 1.29 is 14.3 Å². The van der Waals surface area contributed by atoms with Crippen LogP contribution in [0.4, 0.5) is 4.79 Å². The molecule has 19 heavy (non-hydrogen) atoms. The fourth-order valence-corrected chi connectivity index (χ4v) is 2.00. The number of ether oxygens (including phenoxy) is 1. The van der Waals surface area contributed by atoms with E-state index >= 15 is 0 Å². The maximum atomic E-state index is 12.0. The van der Waals surface area contributed by atoms with E-state index in [1.165, 1.54) is 12.8 Å². The summed E-state index contributed by atoms with van der Waals surface area (Å²) in [6, 6.07) is -0.782. The Kier molecular flexibility index (Phi) is 5.63. The van der Waals surface area contributed by atoms with Crippen molar-refractivity contribution >= 4 is 12.0 Å². The van der Waals surface area contributed by atoms with Crippen LogP contribution in [0.15, 0.2) is 0 Å². The van der Waals surface area contributed by atoms with Crippen LogP contribution in [-0.4, -0.2) is 41.6 Å². The van der Waals surface area contributed by atoms with Gasteiger partial charge >= 0.3 is 12.0 Å². The highest BCUT2D eigenvalue weighted by Gasteiger charge is 2.25. The second kappa shape index (κ2) is 6.78. The molecule has 1 fully saturated rings. The predicted molar refractivity (Wildman–Crippen MR) is 73.9 cm³/mol. The molecule has 2 amide bonds. The molecule has 0 unspecified atom stereocenters. The first-order valence-corrected chi connectivity index (χ1v) is 7.08. The van der Waals surface area contributed by atoms with Crippen molar-refractivity contribution in [3.63, 3.8) is 0 Å². The summed E-state index contributed by atoms with van der Waals surface area (Å²) in [6.07, 6.45) is 4.42. The molecule has 0 aliphatic carbocycles. The van der Waals surface area contributed by atoms with E-state index in [-0.39, 0.29) is 6.03 Å². The van der Waals surface area contributed by atoms with Gasteiger partial charge in [0.25, 0.3) is 0 Å². The number of likely N-dealkylation sites (tertiary alicyclic amines) is 1. The molecule has 0 bridgehead atoms. The van der Waals surface area contributed by atoms with E-state index in [1.807, 2.05) is 20.8 Å². The van der Waals surface area contributed by atoms with E-state index in [2.05, 4.69) is 5.32 Å². The fraction of sp³-hybridized carbons (Fsp3) is 0.857. The zero-order valence-electron chi connectivity index (χ0n) is 12.5. The number of rotatable bonds is 2. The number of amides is 2. The van der Waals surface area contributed by atoms with Crippen LogP contribution in [-0.2, 0) is 9.53 Å². The molecule has 0 aromatic carbocycles. The minimum absolute atomic E-state index is 0.166. The molecule has 1 rings (SSSR count). The summed E-state index contributed by atoms with van der Waals surface area (Å²) < 4.78 is 5.24. The average molecular weight is 270 g/mol. The molecule has 0 aromatic rings. The first kappa shape index (κ1) is 15.8. The summed E-state index contributed by atoms with van der Waals surface area (Å²) in [4.78, 5) is 25.6. The summed E-state index contributed by atoms with van der Waals surface area (Å²) in [6.45, 7) is 8.64. The van der Waals surface area contributed by atoms with Crippen LogP contribution in [0.5, 0.6) is 0 Å². The minimum atomic E-state index is -0.616. The van der Waals surface area contributed by atoms with Crippen molar-refractivity contribution in [2.75, 3.05) is 13.1 Å². The molecule has 5 heteroatoms. The molecule has 110 valence electrons. The largest absolute Gasteiger partial charge is 0.458 e. The van der Waals surface area contributed by atoms with E-state index in [1.54, 1.807) is 11.8 Å². The molecule has 5 nitrogen and oxygen atoms in total. The Morgan fingerprint density at radius 1 is 1.11 bits per heavy atom. The topological polar surface area (TPSA) is 58.6 Å². The van der Waals surface area contributed by atoms with Crippen LogP contribution in [0.3, 0.4) is 0 Å². The van der Waals surface area contributed by atoms with Crippen LogP contribution in [0, 0.1) is 0 Å². The van der Waals surface area contributed by atoms with Gasteiger partial charge in [0.1, 0.15) is 11.6 Å². The minimum Gasteiger partial charge on any atom is -0.458 e. The normalized spacial score (nSPS) is 18.4. The third kappa shape index (κ3) is 5.94. The maximum Gasteiger partial charge on any atom is 0.328 e. The van der Waals surface area contributed by atoms with Gasteiger partial charge in [-0.1, -0.05) is 12.8 Å². The molecule has 1 N–H and O–H groups in total. The summed E-state index contributed by atoms with van der Waals surface area (Å²) in [5, 5.41) is 2.71. The van der Waals surface area contributed by atoms with Crippen LogP contribution >= 0.6 is 0 Å². The van der Waals surface area contributed by atoms with Crippen molar-refractivity contribution in [1.29, 1.82) is 0 Å². The molecule has 1 saturated heterocycles. The number of carbonyl (C=O) groups is 2. The van der Waals surface area contributed by atoms with Gasteiger partial charge in [-0.2, -0.15) is 0 Å². The van der Waals surface area contributed by atoms with Gasteiger partial charge in [0.05, 0.1) is 0 Å². The van der Waals surface area contributed by atoms with Crippen LogP contribution in [0.25, 0.3) is 0 Å². The molecule has 1 atom stereocenters. The van der Waals surface area contributed by atoms with Crippen LogP contribution in [0.2, 0.25) is 0 Å². The Morgan fingerprint density at radius 2 is 1.63 bits per heavy atom. The lowest BCUT2D eigenvalue weighted by Gasteiger charge is -2.25. The van der Waals surface area contributed by atoms with Crippen LogP contribution in [0.1, 0.15) is 53.4 Å². The van der Waals surface area contributed by atoms with E-state index in [0.29, 0.717) is 0 Å². The molecule has 0 spiro atoms. The fourth-order valence-electron chi connectivity index (χ4n) is 2.00. The van der Waals surface area contributed by atoms with Crippen LogP contribution < -0.4 is 5.32 Å². The SMILES string of the molecule is C[C@@H](NC(=O)N1CCCCCC1)C(=O)OC(C)(C)C. The van der Waals surface area contributed by atoms with Gasteiger partial charge in [0, 0.05) is 13.1 Å². The van der Waals surface area contributed by atoms with Gasteiger partial charge in [0.15, 0.2) is 0 Å². The molecule has 0 radical (unpaired) electrons. The number of hydrogen-bond acceptors (Lipinski definition) is 3. The Hall–Kier alpha value is -1.26. The van der Waals surface area contributed by atoms with Gasteiger partial charge in [-0.25, -0.2) is 9.59 Å². The number of nitrogens with zero attached hydrogens (tertiary/aromatic N) is 1. The van der Waals surface area contributed by atoms with E-state index < -0.39 is 17.6 Å². The second-order valence-corrected chi connectivity index (χ2v) is 6.11. The highest BCUT2D eigenvalue weighted by Crippen LogP contribution is 2.11. The van der Waals surface area contributed by atoms with E-state index in [9.17, 15) is 9.59 Å². The molecule has 1 aliphatic rings. The van der Waals surface area contributed by atoms with Crippen molar-refractivity contribution in [3.05, 3.63) is 0 Å². The van der Waals surface area contributed by atoms with Gasteiger partial charge < -0.3 is 15.0 Å². The van der Waals surface area contributed by atoms with Crippen molar-refractivity contribution in [1.82, 2.24) is 10.2 Å². The Balaban J connectivity index is 2.44. The summed E-state index contributed by atoms with van der Waals surface area (Å²) in [5.41, 5.74) is -0.529. The molecular formula is C14H26N2O3. The standard InChI is InChI=1S/C14H26N2O3/c1-11(12(17)19-14(2,3)4)15-13(18)16-9-7-5-6-8-10-16/h11H,5-10H2,1-4H3,(H,15,18)/t11-/m1/s1. The lowest BCUT2D eigenvalue weighted by Crippen LogP contribution is -2.48. The predicted octanol–water partition coefficient (Wildman–Crippen LogP) is 2.30. The van der Waals surface area contributed by atoms with Gasteiger partial charge in [0.2, 0.25) is 0 Å². The van der Waals surface area contributed by atoms with Crippen molar-refractivity contribution in [2.24, 2.45) is 0 Å². The average Bonchev–Trinajstić information content (AvgIpc) is 2.54. The molecule has 0 saturated carbocycles. The Labute approximate surface area is 115 Å². The zero-order valence-corrected chi connectivity index (χ0v) is 12.5. The van der Waals surface area contributed by atoms with E-state index in [4.69, 9.17) is 4.74 Å². The molecular weight excluding hydrogens is 244 g/mol. The third-order valence-electron chi connectivity index (χ3n) is 2.99. The smallest absolute Gasteiger partial charge is 0.328 e. The van der Waals surface area contributed by atoms with Gasteiger partial charge in [-0.05, 0) is 40.5 Å². The Bertz CT molecular complexity index is 315. The number of nitrogens with one attached hydrogen (secondary N) is 1. The monoisotopic (exact) mass is 270 g/mol. The van der Waals surface area contributed by atoms with Crippen molar-refractivity contribution in [2.45, 2.75) is 65.0 Å². The quantitative estimate of drug-likeness (QED) is 0.783. The lowest BCUT2D eigenvalue weighted by molar-refractivity contribution is -0.156. The third-order valence-corrected chi connectivity index (χ3v) is 2.99.